The fourth-order valence-corrected chi connectivity index (χ4v) is 5.19. The lowest BCUT2D eigenvalue weighted by Gasteiger charge is -2.27. The van der Waals surface area contributed by atoms with E-state index in [1.165, 1.54) is 0 Å². The molecular formula is C25H33Cl3O4S. The minimum absolute atomic E-state index is 0.0801. The smallest absolute Gasteiger partial charge is 0.156 e. The molecule has 0 aliphatic rings. The molecule has 0 unspecified atom stereocenters. The first-order valence-electron chi connectivity index (χ1n) is 11.0. The van der Waals surface area contributed by atoms with Gasteiger partial charge in [0.25, 0.3) is 0 Å². The van der Waals surface area contributed by atoms with Gasteiger partial charge in [0, 0.05) is 28.9 Å². The molecule has 0 amide bonds. The summed E-state index contributed by atoms with van der Waals surface area (Å²) in [4.78, 5) is 0. The van der Waals surface area contributed by atoms with Gasteiger partial charge in [-0.15, -0.1) is 11.6 Å². The second kappa shape index (κ2) is 12.0. The number of alkyl halides is 1. The normalized spacial score (nSPS) is 14.1. The second-order valence-corrected chi connectivity index (χ2v) is 12.6. The number of hydrogen-bond acceptors (Lipinski definition) is 4. The molecule has 2 aromatic carbocycles. The van der Waals surface area contributed by atoms with Crippen molar-refractivity contribution < 1.29 is 17.9 Å². The van der Waals surface area contributed by atoms with E-state index < -0.39 is 9.84 Å². The van der Waals surface area contributed by atoms with E-state index in [1.807, 2.05) is 50.2 Å². The maximum atomic E-state index is 11.8. The lowest BCUT2D eigenvalue weighted by Crippen LogP contribution is -2.21. The van der Waals surface area contributed by atoms with Crippen molar-refractivity contribution in [2.45, 2.75) is 40.0 Å². The molecule has 0 saturated carbocycles. The van der Waals surface area contributed by atoms with Gasteiger partial charge in [0.15, 0.2) is 5.75 Å². The molecular weight excluding hydrogens is 503 g/mol. The summed E-state index contributed by atoms with van der Waals surface area (Å²) in [6.07, 6.45) is 0. The first-order chi connectivity index (χ1) is 15.4. The molecule has 8 heteroatoms. The first-order valence-corrected chi connectivity index (χ1v) is 14.1. The maximum Gasteiger partial charge on any atom is 0.156 e. The first kappa shape index (κ1) is 28.1. The molecule has 2 atom stereocenters. The zero-order valence-corrected chi connectivity index (χ0v) is 22.9. The lowest BCUT2D eigenvalue weighted by molar-refractivity contribution is 0.271. The van der Waals surface area contributed by atoms with Crippen molar-refractivity contribution in [1.82, 2.24) is 0 Å². The Labute approximate surface area is 213 Å². The Hall–Kier alpha value is -1.14. The van der Waals surface area contributed by atoms with Gasteiger partial charge in [-0.05, 0) is 35.4 Å². The van der Waals surface area contributed by atoms with Gasteiger partial charge in [-0.25, -0.2) is 8.42 Å². The highest BCUT2D eigenvalue weighted by atomic mass is 35.5. The van der Waals surface area contributed by atoms with Gasteiger partial charge < -0.3 is 9.47 Å². The van der Waals surface area contributed by atoms with Crippen molar-refractivity contribution in [2.75, 3.05) is 30.6 Å². The molecule has 0 spiro atoms. The van der Waals surface area contributed by atoms with Crippen LogP contribution in [0, 0.1) is 11.8 Å². The van der Waals surface area contributed by atoms with Crippen molar-refractivity contribution in [1.29, 1.82) is 0 Å². The predicted octanol–water partition coefficient (Wildman–Crippen LogP) is 7.02. The number of hydrogen-bond donors (Lipinski definition) is 0. The van der Waals surface area contributed by atoms with E-state index in [-0.39, 0.29) is 28.8 Å². The topological polar surface area (TPSA) is 52.6 Å². The molecule has 0 bridgehead atoms. The molecule has 0 aliphatic carbocycles. The van der Waals surface area contributed by atoms with Crippen LogP contribution in [0.25, 0.3) is 0 Å². The molecule has 2 rings (SSSR count). The largest absolute Gasteiger partial charge is 0.493 e. The molecule has 184 valence electrons. The average molecular weight is 536 g/mol. The van der Waals surface area contributed by atoms with Crippen LogP contribution >= 0.6 is 34.8 Å². The van der Waals surface area contributed by atoms with Crippen LogP contribution in [0.1, 0.15) is 45.7 Å². The Morgan fingerprint density at radius 2 is 1.45 bits per heavy atom. The Balaban J connectivity index is 2.12. The highest BCUT2D eigenvalue weighted by molar-refractivity contribution is 7.91. The third kappa shape index (κ3) is 7.95. The van der Waals surface area contributed by atoms with Crippen molar-refractivity contribution >= 4 is 44.6 Å². The molecule has 0 aliphatic heterocycles. The van der Waals surface area contributed by atoms with E-state index in [0.717, 1.165) is 11.1 Å². The van der Waals surface area contributed by atoms with Crippen LogP contribution in [-0.2, 0) is 15.3 Å². The highest BCUT2D eigenvalue weighted by Crippen LogP contribution is 2.40. The third-order valence-electron chi connectivity index (χ3n) is 5.58. The van der Waals surface area contributed by atoms with Gasteiger partial charge in [0.05, 0.1) is 29.0 Å². The molecule has 0 saturated heterocycles. The van der Waals surface area contributed by atoms with Gasteiger partial charge in [-0.2, -0.15) is 0 Å². The van der Waals surface area contributed by atoms with Gasteiger partial charge in [-0.3, -0.25) is 0 Å². The second-order valence-electron chi connectivity index (χ2n) is 9.10. The van der Waals surface area contributed by atoms with E-state index in [4.69, 9.17) is 44.3 Å². The summed E-state index contributed by atoms with van der Waals surface area (Å²) in [5.74, 6) is 2.05. The minimum atomic E-state index is -3.02. The van der Waals surface area contributed by atoms with Crippen LogP contribution in [-0.4, -0.2) is 39.0 Å². The zero-order valence-electron chi connectivity index (χ0n) is 19.8. The average Bonchev–Trinajstić information content (AvgIpc) is 2.76. The molecule has 0 heterocycles. The maximum absolute atomic E-state index is 11.8. The number of benzene rings is 2. The summed E-state index contributed by atoms with van der Waals surface area (Å²) in [6.45, 7) is 10.5. The van der Waals surface area contributed by atoms with E-state index in [9.17, 15) is 8.42 Å². The van der Waals surface area contributed by atoms with Crippen LogP contribution in [0.4, 0.5) is 0 Å². The highest BCUT2D eigenvalue weighted by Gasteiger charge is 2.26. The molecule has 4 nitrogen and oxygen atoms in total. The van der Waals surface area contributed by atoms with Gasteiger partial charge in [0.2, 0.25) is 0 Å². The fraction of sp³-hybridized carbons (Fsp3) is 0.520. The van der Waals surface area contributed by atoms with Crippen LogP contribution in [0.3, 0.4) is 0 Å². The van der Waals surface area contributed by atoms with Crippen molar-refractivity contribution in [3.8, 4) is 11.5 Å². The van der Waals surface area contributed by atoms with Crippen LogP contribution < -0.4 is 9.47 Å². The molecule has 0 fully saturated rings. The third-order valence-corrected chi connectivity index (χ3v) is 8.63. The number of halogens is 3. The molecule has 2 aromatic rings. The van der Waals surface area contributed by atoms with Gasteiger partial charge >= 0.3 is 0 Å². The number of ether oxygens (including phenoxy) is 2. The SMILES string of the molecule is CCS(=O)(=O)C[C@H](C)COc1ccc(C(C)(C)c2cc(Cl)c(OC[C@@H](C)CCl)c(Cl)c2)cc1. The van der Waals surface area contributed by atoms with E-state index >= 15 is 0 Å². The van der Waals surface area contributed by atoms with E-state index in [0.29, 0.717) is 40.6 Å². The lowest BCUT2D eigenvalue weighted by atomic mass is 9.78. The summed E-state index contributed by atoms with van der Waals surface area (Å²) in [5.41, 5.74) is 1.66. The quantitative estimate of drug-likeness (QED) is 0.274. The van der Waals surface area contributed by atoms with Crippen LogP contribution in [0.2, 0.25) is 10.0 Å². The Morgan fingerprint density at radius 1 is 0.909 bits per heavy atom. The van der Waals surface area contributed by atoms with Crippen LogP contribution in [0.5, 0.6) is 11.5 Å². The Bertz CT molecular complexity index is 997. The number of sulfone groups is 1. The summed E-state index contributed by atoms with van der Waals surface area (Å²) >= 11 is 18.9. The molecule has 0 N–H and O–H groups in total. The summed E-state index contributed by atoms with van der Waals surface area (Å²) in [5, 5.41) is 0.923. The Morgan fingerprint density at radius 3 is 1.97 bits per heavy atom. The summed E-state index contributed by atoms with van der Waals surface area (Å²) < 4.78 is 35.1. The summed E-state index contributed by atoms with van der Waals surface area (Å²) in [7, 11) is -3.02. The van der Waals surface area contributed by atoms with Gasteiger partial charge in [0.1, 0.15) is 15.6 Å². The Kier molecular flexibility index (Phi) is 10.2. The van der Waals surface area contributed by atoms with E-state index in [2.05, 4.69) is 13.8 Å². The monoisotopic (exact) mass is 534 g/mol. The van der Waals surface area contributed by atoms with Crippen LogP contribution in [0.15, 0.2) is 36.4 Å². The van der Waals surface area contributed by atoms with Crippen molar-refractivity contribution in [3.63, 3.8) is 0 Å². The molecule has 0 radical (unpaired) electrons. The zero-order chi connectivity index (χ0) is 24.8. The summed E-state index contributed by atoms with van der Waals surface area (Å²) in [6, 6.07) is 11.6. The number of rotatable bonds is 12. The predicted molar refractivity (Wildman–Crippen MR) is 139 cm³/mol. The van der Waals surface area contributed by atoms with Gasteiger partial charge in [-0.1, -0.05) is 70.0 Å². The molecule has 0 aromatic heterocycles. The molecule has 33 heavy (non-hydrogen) atoms. The minimum Gasteiger partial charge on any atom is -0.493 e. The standard InChI is InChI=1S/C25H33Cl3O4S/c1-6-33(29,30)16-18(3)15-31-21-9-7-19(8-10-21)25(4,5)20-11-22(27)24(23(28)12-20)32-14-17(2)13-26/h7-12,17-18H,6,13-16H2,1-5H3/t17-,18+/m0/s1. The van der Waals surface area contributed by atoms with E-state index in [1.54, 1.807) is 6.92 Å². The van der Waals surface area contributed by atoms with Crippen molar-refractivity contribution in [3.05, 3.63) is 57.6 Å². The van der Waals surface area contributed by atoms with Crippen molar-refractivity contribution in [2.24, 2.45) is 11.8 Å². The fourth-order valence-electron chi connectivity index (χ4n) is 3.30.